The topological polar surface area (TPSA) is 151 Å². The van der Waals surface area contributed by atoms with Gasteiger partial charge in [0.05, 0.1) is 19.3 Å². The van der Waals surface area contributed by atoms with Gasteiger partial charge < -0.3 is 25.7 Å². The van der Waals surface area contributed by atoms with Crippen LogP contribution in [0.25, 0.3) is 11.1 Å². The van der Waals surface area contributed by atoms with E-state index in [2.05, 4.69) is 10.6 Å². The van der Waals surface area contributed by atoms with Crippen molar-refractivity contribution < 1.29 is 29.8 Å². The van der Waals surface area contributed by atoms with Crippen molar-refractivity contribution in [3.8, 4) is 11.1 Å². The van der Waals surface area contributed by atoms with Crippen molar-refractivity contribution in [3.63, 3.8) is 0 Å². The maximum absolute atomic E-state index is 13.9. The predicted octanol–water partition coefficient (Wildman–Crippen LogP) is 2.55. The van der Waals surface area contributed by atoms with Gasteiger partial charge in [-0.25, -0.2) is 5.48 Å². The van der Waals surface area contributed by atoms with Crippen LogP contribution < -0.4 is 21.0 Å². The number of hydrogen-bond acceptors (Lipinski definition) is 7. The van der Waals surface area contributed by atoms with Crippen LogP contribution in [0.5, 0.6) is 0 Å². The SMILES string of the molecule is CC(C)(CC(=O)N[C@@H]1CCc2ccccc2N(Cc2ccc(-c3ccccc3C(=O)NO)cc2)C1=O)NC[C@H](O)CO. The van der Waals surface area contributed by atoms with Crippen molar-refractivity contribution in [2.24, 2.45) is 0 Å². The molecule has 1 aliphatic heterocycles. The molecule has 0 unspecified atom stereocenters. The summed E-state index contributed by atoms with van der Waals surface area (Å²) in [6.07, 6.45) is 0.236. The average Bonchev–Trinajstić information content (AvgIpc) is 3.12. The first kappa shape index (κ1) is 30.9. The van der Waals surface area contributed by atoms with Crippen LogP contribution in [-0.2, 0) is 22.6 Å². The van der Waals surface area contributed by atoms with Gasteiger partial charge in [0.2, 0.25) is 11.8 Å². The highest BCUT2D eigenvalue weighted by Crippen LogP contribution is 2.30. The van der Waals surface area contributed by atoms with E-state index in [1.807, 2.05) is 68.4 Å². The van der Waals surface area contributed by atoms with E-state index in [-0.39, 0.29) is 37.9 Å². The summed E-state index contributed by atoms with van der Waals surface area (Å²) in [7, 11) is 0. The third-order valence-electron chi connectivity index (χ3n) is 7.39. The Labute approximate surface area is 245 Å². The summed E-state index contributed by atoms with van der Waals surface area (Å²) >= 11 is 0. The van der Waals surface area contributed by atoms with E-state index >= 15 is 0 Å². The van der Waals surface area contributed by atoms with Crippen LogP contribution in [0, 0.1) is 0 Å². The maximum atomic E-state index is 13.9. The Hall–Kier alpha value is -4.09. The van der Waals surface area contributed by atoms with Gasteiger partial charge in [-0.05, 0) is 61.1 Å². The first-order valence-corrected chi connectivity index (χ1v) is 14.0. The van der Waals surface area contributed by atoms with E-state index in [4.69, 9.17) is 10.3 Å². The van der Waals surface area contributed by atoms with E-state index in [1.54, 1.807) is 28.6 Å². The van der Waals surface area contributed by atoms with Gasteiger partial charge >= 0.3 is 0 Å². The predicted molar refractivity (Wildman–Crippen MR) is 159 cm³/mol. The Bertz CT molecular complexity index is 1410. The molecule has 3 aromatic carbocycles. The summed E-state index contributed by atoms with van der Waals surface area (Å²) in [5.41, 5.74) is 5.50. The minimum absolute atomic E-state index is 0.0825. The van der Waals surface area contributed by atoms with Gasteiger partial charge in [0.25, 0.3) is 5.91 Å². The Morgan fingerprint density at radius 2 is 1.71 bits per heavy atom. The van der Waals surface area contributed by atoms with E-state index < -0.39 is 23.6 Å². The average molecular weight is 575 g/mol. The van der Waals surface area contributed by atoms with E-state index in [1.165, 1.54) is 0 Å². The normalized spacial score (nSPS) is 15.9. The molecule has 0 bridgehead atoms. The lowest BCUT2D eigenvalue weighted by Gasteiger charge is -2.29. The molecule has 0 saturated heterocycles. The molecule has 4 rings (SSSR count). The number of aryl methyl sites for hydroxylation is 1. The fourth-order valence-corrected chi connectivity index (χ4v) is 5.15. The quantitative estimate of drug-likeness (QED) is 0.152. The molecular formula is C32H38N4O6. The van der Waals surface area contributed by atoms with Crippen LogP contribution >= 0.6 is 0 Å². The van der Waals surface area contributed by atoms with Gasteiger partial charge in [0, 0.05) is 29.8 Å². The molecule has 10 nitrogen and oxygen atoms in total. The number of nitrogens with zero attached hydrogens (tertiary/aromatic N) is 1. The number of carbonyl (C=O) groups excluding carboxylic acids is 3. The first-order valence-electron chi connectivity index (χ1n) is 14.0. The summed E-state index contributed by atoms with van der Waals surface area (Å²) in [5.74, 6) is -1.09. The van der Waals surface area contributed by atoms with Crippen LogP contribution in [0.4, 0.5) is 5.69 Å². The smallest absolute Gasteiger partial charge is 0.275 e. The molecule has 3 aromatic rings. The number of carbonyl (C=O) groups is 3. The number of fused-ring (bicyclic) bond motifs is 1. The van der Waals surface area contributed by atoms with Crippen molar-refractivity contribution in [3.05, 3.63) is 89.5 Å². The highest BCUT2D eigenvalue weighted by molar-refractivity contribution is 6.01. The second-order valence-corrected chi connectivity index (χ2v) is 11.2. The number of hydroxylamine groups is 1. The number of para-hydroxylation sites is 1. The highest BCUT2D eigenvalue weighted by atomic mass is 16.5. The lowest BCUT2D eigenvalue weighted by molar-refractivity contribution is -0.128. The summed E-state index contributed by atoms with van der Waals surface area (Å²) in [4.78, 5) is 40.7. The molecule has 0 radical (unpaired) electrons. The van der Waals surface area contributed by atoms with E-state index in [9.17, 15) is 19.5 Å². The van der Waals surface area contributed by atoms with Crippen molar-refractivity contribution in [1.82, 2.24) is 16.1 Å². The second-order valence-electron chi connectivity index (χ2n) is 11.2. The summed E-state index contributed by atoms with van der Waals surface area (Å²) in [6, 6.07) is 21.5. The molecular weight excluding hydrogens is 536 g/mol. The molecule has 2 atom stereocenters. The van der Waals surface area contributed by atoms with Crippen LogP contribution in [-0.4, -0.2) is 64.0 Å². The van der Waals surface area contributed by atoms with Gasteiger partial charge in [-0.15, -0.1) is 0 Å². The first-order chi connectivity index (χ1) is 20.1. The number of hydrogen-bond donors (Lipinski definition) is 6. The molecule has 0 spiro atoms. The fraction of sp³-hybridized carbons (Fsp3) is 0.344. The number of aliphatic hydroxyl groups excluding tert-OH is 2. The second kappa shape index (κ2) is 13.7. The molecule has 42 heavy (non-hydrogen) atoms. The molecule has 10 heteroatoms. The molecule has 0 aliphatic carbocycles. The van der Waals surface area contributed by atoms with Crippen LogP contribution in [0.15, 0.2) is 72.8 Å². The Balaban J connectivity index is 1.52. The zero-order valence-corrected chi connectivity index (χ0v) is 23.8. The standard InChI is InChI=1S/C32H38N4O6/c1-32(2,33-18-24(38)20-37)17-29(39)34-27-16-15-23-7-3-6-10-28(23)36(31(27)41)19-21-11-13-22(14-12-21)25-8-4-5-9-26(25)30(40)35-42/h3-14,24,27,33,37-38,42H,15-20H2,1-2H3,(H,34,39)(H,35,40)/t24-,27+/m0/s1. The molecule has 1 aliphatic rings. The number of β-amino-alcohol motifs (C(OH)–C–C–N with tert-alkyl or cyclic N) is 1. The van der Waals surface area contributed by atoms with Crippen LogP contribution in [0.1, 0.15) is 48.2 Å². The Morgan fingerprint density at radius 3 is 2.43 bits per heavy atom. The van der Waals surface area contributed by atoms with Gasteiger partial charge in [0.15, 0.2) is 0 Å². The highest BCUT2D eigenvalue weighted by Gasteiger charge is 2.32. The molecule has 0 aromatic heterocycles. The Kier molecular flexibility index (Phi) is 10.1. The number of benzene rings is 3. The van der Waals surface area contributed by atoms with Crippen molar-refractivity contribution >= 4 is 23.4 Å². The number of nitrogens with one attached hydrogen (secondary N) is 3. The van der Waals surface area contributed by atoms with Crippen molar-refractivity contribution in [1.29, 1.82) is 0 Å². The number of rotatable bonds is 11. The van der Waals surface area contributed by atoms with Crippen LogP contribution in [0.2, 0.25) is 0 Å². The minimum atomic E-state index is -0.924. The van der Waals surface area contributed by atoms with Crippen LogP contribution in [0.3, 0.4) is 0 Å². The number of anilines is 1. The lowest BCUT2D eigenvalue weighted by atomic mass is 9.98. The third-order valence-corrected chi connectivity index (χ3v) is 7.39. The largest absolute Gasteiger partial charge is 0.394 e. The molecule has 1 heterocycles. The molecule has 0 saturated carbocycles. The number of aliphatic hydroxyl groups is 2. The maximum Gasteiger partial charge on any atom is 0.275 e. The minimum Gasteiger partial charge on any atom is -0.394 e. The summed E-state index contributed by atoms with van der Waals surface area (Å²) < 4.78 is 0. The summed E-state index contributed by atoms with van der Waals surface area (Å²) in [5, 5.41) is 33.8. The monoisotopic (exact) mass is 574 g/mol. The van der Waals surface area contributed by atoms with Gasteiger partial charge in [-0.2, -0.15) is 0 Å². The van der Waals surface area contributed by atoms with Crippen molar-refractivity contribution in [2.45, 2.75) is 57.3 Å². The van der Waals surface area contributed by atoms with Gasteiger partial charge in [-0.1, -0.05) is 60.7 Å². The molecule has 222 valence electrons. The van der Waals surface area contributed by atoms with Gasteiger partial charge in [0.1, 0.15) is 6.04 Å². The van der Waals surface area contributed by atoms with E-state index in [0.717, 1.165) is 22.4 Å². The third kappa shape index (κ3) is 7.59. The van der Waals surface area contributed by atoms with E-state index in [0.29, 0.717) is 24.0 Å². The molecule has 6 N–H and O–H groups in total. The zero-order valence-electron chi connectivity index (χ0n) is 23.8. The molecule has 0 fully saturated rings. The lowest BCUT2D eigenvalue weighted by Crippen LogP contribution is -2.51. The fourth-order valence-electron chi connectivity index (χ4n) is 5.15. The zero-order chi connectivity index (χ0) is 30.3. The molecule has 3 amide bonds. The van der Waals surface area contributed by atoms with Gasteiger partial charge in [-0.3, -0.25) is 19.6 Å². The van der Waals surface area contributed by atoms with Crippen molar-refractivity contribution in [2.75, 3.05) is 18.1 Å². The summed E-state index contributed by atoms with van der Waals surface area (Å²) in [6.45, 7) is 3.70. The number of amides is 3. The Morgan fingerprint density at radius 1 is 1.02 bits per heavy atom.